The molecule has 0 aliphatic carbocycles. The summed E-state index contributed by atoms with van der Waals surface area (Å²) >= 11 is 0. The van der Waals surface area contributed by atoms with E-state index in [0.717, 1.165) is 64.7 Å². The van der Waals surface area contributed by atoms with Crippen molar-refractivity contribution in [3.8, 4) is 0 Å². The predicted octanol–water partition coefficient (Wildman–Crippen LogP) is 1.33. The second kappa shape index (κ2) is 57.0. The zero-order valence-electron chi connectivity index (χ0n) is 68.8. The maximum absolute atomic E-state index is 14.1. The summed E-state index contributed by atoms with van der Waals surface area (Å²) < 4.78 is 106. The fourth-order valence-corrected chi connectivity index (χ4v) is 15.8. The molecule has 5 heterocycles. The maximum Gasteiger partial charge on any atom is 1.00 e. The van der Waals surface area contributed by atoms with Gasteiger partial charge in [-0.05, 0) is 44.4 Å². The SMILES string of the molecule is CCCCCCCCCCCCC/C=C/C(OC(=O)c1ccccc1)C(COC1OC(CO)C(OC2OC(CO)C(O)C(OC3OC(CO)C(OC4OC(CO)C(O)C(OS(=O)(=O)[O-])C4O)C(OC4OC(C)C(O)C(O)C4O)C3NC(C)=O)C2O)C(O)C1O)NC(=O)CCCCCCCCCCCCCCCCCCCCCCC.[Na+]. The van der Waals surface area contributed by atoms with Crippen molar-refractivity contribution >= 4 is 28.2 Å². The number of unbranched alkanes of at least 4 members (excludes halogenated alkanes) is 31. The molecular weight excluding hydrogens is 1550 g/mol. The summed E-state index contributed by atoms with van der Waals surface area (Å²) in [5.74, 6) is -2.01. The van der Waals surface area contributed by atoms with Crippen molar-refractivity contribution in [2.24, 2.45) is 0 Å². The maximum atomic E-state index is 14.1. The van der Waals surface area contributed by atoms with Crippen LogP contribution in [0.3, 0.4) is 0 Å². The number of nitrogens with one attached hydrogen (secondary N) is 2. The van der Waals surface area contributed by atoms with Crippen LogP contribution in [0.25, 0.3) is 0 Å². The first kappa shape index (κ1) is 104. The van der Waals surface area contributed by atoms with Crippen LogP contribution in [0.2, 0.25) is 0 Å². The molecule has 27 unspecified atom stereocenters. The number of amides is 2. The van der Waals surface area contributed by atoms with Crippen LogP contribution in [0.15, 0.2) is 42.5 Å². The molecule has 0 spiro atoms. The Morgan fingerprint density at radius 2 is 0.871 bits per heavy atom. The Labute approximate surface area is 707 Å². The van der Waals surface area contributed by atoms with Gasteiger partial charge in [-0.25, -0.2) is 13.2 Å². The van der Waals surface area contributed by atoms with Crippen LogP contribution >= 0.6 is 0 Å². The van der Waals surface area contributed by atoms with Crippen molar-refractivity contribution in [3.63, 3.8) is 0 Å². The smallest absolute Gasteiger partial charge is 0.726 e. The number of benzene rings is 1. The zero-order valence-corrected chi connectivity index (χ0v) is 71.6. The van der Waals surface area contributed by atoms with Gasteiger partial charge in [-0.15, -0.1) is 0 Å². The molecular formula is C81H139N2NaO31S. The van der Waals surface area contributed by atoms with Crippen LogP contribution < -0.4 is 40.2 Å². The minimum atomic E-state index is -5.71. The number of aliphatic hydroxyl groups is 13. The predicted molar refractivity (Wildman–Crippen MR) is 414 cm³/mol. The second-order valence-electron chi connectivity index (χ2n) is 31.4. The molecule has 0 aromatic heterocycles. The van der Waals surface area contributed by atoms with Gasteiger partial charge in [-0.1, -0.05) is 231 Å². The number of hydrogen-bond acceptors (Lipinski definition) is 31. The van der Waals surface area contributed by atoms with Crippen molar-refractivity contribution < 1.29 is 180 Å². The number of carbonyl (C=O) groups excluding carboxylic acids is 3. The van der Waals surface area contributed by atoms with Gasteiger partial charge in [0.15, 0.2) is 31.5 Å². The van der Waals surface area contributed by atoms with E-state index >= 15 is 0 Å². The average molecular weight is 1690 g/mol. The van der Waals surface area contributed by atoms with Gasteiger partial charge in [-0.2, -0.15) is 0 Å². The van der Waals surface area contributed by atoms with Gasteiger partial charge in [-0.3, -0.25) is 13.8 Å². The number of rotatable bonds is 57. The minimum Gasteiger partial charge on any atom is -0.726 e. The van der Waals surface area contributed by atoms with E-state index in [0.29, 0.717) is 12.8 Å². The molecule has 33 nitrogen and oxygen atoms in total. The van der Waals surface area contributed by atoms with Crippen molar-refractivity contribution in [1.82, 2.24) is 10.6 Å². The van der Waals surface area contributed by atoms with E-state index in [1.807, 2.05) is 6.08 Å². The van der Waals surface area contributed by atoms with E-state index in [1.54, 1.807) is 36.4 Å². The summed E-state index contributed by atoms with van der Waals surface area (Å²) in [6, 6.07) is 5.20. The Morgan fingerprint density at radius 1 is 0.466 bits per heavy atom. The summed E-state index contributed by atoms with van der Waals surface area (Å²) in [7, 11) is -5.71. The zero-order chi connectivity index (χ0) is 83.8. The van der Waals surface area contributed by atoms with E-state index in [9.17, 15) is 93.7 Å². The van der Waals surface area contributed by atoms with E-state index < -0.39 is 221 Å². The summed E-state index contributed by atoms with van der Waals surface area (Å²) in [6.07, 6.45) is -7.16. The number of hydrogen-bond donors (Lipinski definition) is 15. The number of esters is 1. The van der Waals surface area contributed by atoms with Gasteiger partial charge in [0, 0.05) is 13.3 Å². The molecule has 35 heteroatoms. The average Bonchev–Trinajstić information content (AvgIpc) is 0.751. The summed E-state index contributed by atoms with van der Waals surface area (Å²) in [5, 5.41) is 151. The first-order valence-electron chi connectivity index (χ1n) is 42.5. The molecule has 5 saturated heterocycles. The molecule has 5 aliphatic rings. The number of carbonyl (C=O) groups is 3. The Kier molecular flexibility index (Phi) is 51.0. The van der Waals surface area contributed by atoms with Crippen molar-refractivity contribution in [2.45, 2.75) is 412 Å². The Hall–Kier alpha value is -2.68. The van der Waals surface area contributed by atoms with Crippen LogP contribution in [0.4, 0.5) is 0 Å². The van der Waals surface area contributed by atoms with Crippen LogP contribution in [0.5, 0.6) is 0 Å². The van der Waals surface area contributed by atoms with Gasteiger partial charge in [0.25, 0.3) is 0 Å². The van der Waals surface area contributed by atoms with Crippen molar-refractivity contribution in [3.05, 3.63) is 48.0 Å². The van der Waals surface area contributed by atoms with Crippen molar-refractivity contribution in [1.29, 1.82) is 0 Å². The molecule has 27 atom stereocenters. The molecule has 0 bridgehead atoms. The molecule has 0 saturated carbocycles. The topological polar surface area (TPSA) is 506 Å². The van der Waals surface area contributed by atoms with Gasteiger partial charge in [0.2, 0.25) is 22.2 Å². The standard InChI is InChI=1S/C81H140N2O31S.Na/c1-5-7-9-11-13-15-17-19-20-21-22-23-24-25-26-28-30-32-34-36-41-45-60(89)83-54(55(105-76(99)53-42-38-37-39-43-53)44-40-35-33-31-29-27-18-16-14-12-10-8-6-2)50-103-78-68(96)66(94)71(58(48-86)109-78)110-80-69(97)74(63(91)56(46-84)106-80)113-77-61(82-52(4)88)73(112-79-67(95)65(93)62(90)51(3)104-79)72(59(49-87)108-77)111-81-70(98)75(114-115(100,101)102)64(92)57(47-85)107-81;/h37-40,42-44,51,54-59,61-75,77-81,84-87,90-98H,5-36,41,45-50H2,1-4H3,(H,82,88)(H,83,89)(H,100,101,102);/q;+1/p-1/b44-40+;. The normalized spacial score (nSPS) is 32.3. The summed E-state index contributed by atoms with van der Waals surface area (Å²) in [5.41, 5.74) is 0.229. The molecule has 666 valence electrons. The fraction of sp³-hybridized carbons (Fsp3) is 0.864. The summed E-state index contributed by atoms with van der Waals surface area (Å²) in [6.45, 7) is 1.89. The van der Waals surface area contributed by atoms with E-state index in [2.05, 4.69) is 28.7 Å². The third-order valence-corrected chi connectivity index (χ3v) is 22.6. The second-order valence-corrected chi connectivity index (χ2v) is 32.5. The summed E-state index contributed by atoms with van der Waals surface area (Å²) in [4.78, 5) is 41.3. The number of allylic oxidation sites excluding steroid dienone is 1. The molecule has 5 aliphatic heterocycles. The molecule has 6 rings (SSSR count). The third-order valence-electron chi connectivity index (χ3n) is 22.1. The molecule has 2 amide bonds. The third kappa shape index (κ3) is 34.8. The largest absolute Gasteiger partial charge is 1.00 e. The fourth-order valence-electron chi connectivity index (χ4n) is 15.3. The van der Waals surface area contributed by atoms with Gasteiger partial charge >= 0.3 is 35.5 Å². The van der Waals surface area contributed by atoms with Crippen LogP contribution in [-0.4, -0.2) is 296 Å². The van der Waals surface area contributed by atoms with Gasteiger partial charge in [0.1, 0.15) is 122 Å². The quantitative estimate of drug-likeness (QED) is 0.0109. The van der Waals surface area contributed by atoms with Gasteiger partial charge < -0.3 is 134 Å². The van der Waals surface area contributed by atoms with Gasteiger partial charge in [0.05, 0.1) is 50.7 Å². The first-order valence-corrected chi connectivity index (χ1v) is 43.8. The van der Waals surface area contributed by atoms with Crippen LogP contribution in [0, 0.1) is 0 Å². The van der Waals surface area contributed by atoms with E-state index in [1.165, 1.54) is 148 Å². The molecule has 0 radical (unpaired) electrons. The Morgan fingerprint density at radius 3 is 1.35 bits per heavy atom. The van der Waals surface area contributed by atoms with E-state index in [4.69, 9.17) is 52.1 Å². The monoisotopic (exact) mass is 1690 g/mol. The Bertz CT molecular complexity index is 2940. The van der Waals surface area contributed by atoms with E-state index in [-0.39, 0.29) is 47.4 Å². The van der Waals surface area contributed by atoms with Crippen molar-refractivity contribution in [2.75, 3.05) is 33.0 Å². The Balaban J connectivity index is 0.0000240. The molecule has 116 heavy (non-hydrogen) atoms. The molecule has 1 aromatic carbocycles. The van der Waals surface area contributed by atoms with Crippen LogP contribution in [0.1, 0.15) is 256 Å². The molecule has 5 fully saturated rings. The van der Waals surface area contributed by atoms with Crippen LogP contribution in [-0.2, 0) is 76.3 Å². The number of ether oxygens (including phenoxy) is 11. The molecule has 1 aromatic rings. The minimum absolute atomic E-state index is 0. The number of aliphatic hydroxyl groups excluding tert-OH is 13. The first-order chi connectivity index (χ1) is 55.3. The molecule has 15 N–H and O–H groups in total.